The van der Waals surface area contributed by atoms with E-state index in [2.05, 4.69) is 0 Å². The highest BCUT2D eigenvalue weighted by molar-refractivity contribution is 6.08. The van der Waals surface area contributed by atoms with Gasteiger partial charge in [-0.15, -0.1) is 0 Å². The molecule has 1 aliphatic heterocycles. The summed E-state index contributed by atoms with van der Waals surface area (Å²) >= 11 is 0. The fraction of sp³-hybridized carbons (Fsp3) is 0.188. The number of nitrogens with two attached hydrogens (primary N) is 1. The lowest BCUT2D eigenvalue weighted by Gasteiger charge is -2.23. The Morgan fingerprint density at radius 2 is 2.10 bits per heavy atom. The molecule has 3 rings (SSSR count). The van der Waals surface area contributed by atoms with E-state index in [0.717, 1.165) is 17.3 Å². The van der Waals surface area contributed by atoms with Crippen LogP contribution in [0.15, 0.2) is 36.4 Å². The van der Waals surface area contributed by atoms with Crippen LogP contribution in [-0.4, -0.2) is 17.1 Å². The average molecular weight is 286 g/mol. The first-order valence-electron chi connectivity index (χ1n) is 6.68. The van der Waals surface area contributed by atoms with Crippen LogP contribution in [0.5, 0.6) is 5.75 Å². The van der Waals surface area contributed by atoms with Crippen molar-refractivity contribution in [3.05, 3.63) is 53.3 Å². The summed E-state index contributed by atoms with van der Waals surface area (Å²) in [6.07, 6.45) is 0.686. The number of halogens is 1. The van der Waals surface area contributed by atoms with E-state index in [1.807, 2.05) is 13.0 Å². The van der Waals surface area contributed by atoms with Crippen LogP contribution in [0.25, 0.3) is 0 Å². The van der Waals surface area contributed by atoms with Gasteiger partial charge in [0.25, 0.3) is 5.91 Å². The van der Waals surface area contributed by atoms with E-state index in [4.69, 9.17) is 5.73 Å². The monoisotopic (exact) mass is 286 g/mol. The van der Waals surface area contributed by atoms with E-state index in [9.17, 15) is 14.3 Å². The van der Waals surface area contributed by atoms with Gasteiger partial charge in [0.1, 0.15) is 11.6 Å². The van der Waals surface area contributed by atoms with Gasteiger partial charge < -0.3 is 15.7 Å². The molecule has 1 unspecified atom stereocenters. The number of fused-ring (bicyclic) bond motifs is 1. The van der Waals surface area contributed by atoms with E-state index in [0.29, 0.717) is 12.1 Å². The zero-order valence-electron chi connectivity index (χ0n) is 11.5. The summed E-state index contributed by atoms with van der Waals surface area (Å²) in [5, 5.41) is 9.25. The molecule has 5 heteroatoms. The first-order valence-corrected chi connectivity index (χ1v) is 6.68. The Morgan fingerprint density at radius 1 is 1.33 bits per heavy atom. The Hall–Kier alpha value is -2.56. The fourth-order valence-corrected chi connectivity index (χ4v) is 2.77. The predicted octanol–water partition coefficient (Wildman–Crippen LogP) is 2.70. The van der Waals surface area contributed by atoms with E-state index in [1.54, 1.807) is 17.0 Å². The van der Waals surface area contributed by atoms with Gasteiger partial charge in [0.05, 0.1) is 5.56 Å². The molecule has 0 saturated carbocycles. The van der Waals surface area contributed by atoms with Gasteiger partial charge in [-0.2, -0.15) is 0 Å². The molecule has 1 amide bonds. The van der Waals surface area contributed by atoms with Crippen LogP contribution in [0.2, 0.25) is 0 Å². The van der Waals surface area contributed by atoms with E-state index in [1.165, 1.54) is 12.1 Å². The SMILES string of the molecule is CC1Cc2cc(N)ccc2N1C(=O)c1ccc(O)cc1F. The zero-order chi connectivity index (χ0) is 15.1. The largest absolute Gasteiger partial charge is 0.508 e. The van der Waals surface area contributed by atoms with Crippen LogP contribution in [0, 0.1) is 5.82 Å². The number of anilines is 2. The minimum Gasteiger partial charge on any atom is -0.508 e. The van der Waals surface area contributed by atoms with E-state index >= 15 is 0 Å². The van der Waals surface area contributed by atoms with Crippen LogP contribution in [-0.2, 0) is 6.42 Å². The third-order valence-corrected chi connectivity index (χ3v) is 3.72. The summed E-state index contributed by atoms with van der Waals surface area (Å²) in [5.41, 5.74) is 8.09. The van der Waals surface area contributed by atoms with Gasteiger partial charge in [-0.1, -0.05) is 0 Å². The van der Waals surface area contributed by atoms with Crippen LogP contribution >= 0.6 is 0 Å². The minimum absolute atomic E-state index is 0.0516. The average Bonchev–Trinajstić information content (AvgIpc) is 2.73. The van der Waals surface area contributed by atoms with E-state index < -0.39 is 11.7 Å². The second-order valence-electron chi connectivity index (χ2n) is 5.28. The quantitative estimate of drug-likeness (QED) is 0.792. The van der Waals surface area contributed by atoms with Gasteiger partial charge in [0.15, 0.2) is 0 Å². The Bertz CT molecular complexity index is 730. The molecule has 21 heavy (non-hydrogen) atoms. The summed E-state index contributed by atoms with van der Waals surface area (Å²) in [7, 11) is 0. The number of carbonyl (C=O) groups excluding carboxylic acids is 1. The summed E-state index contributed by atoms with van der Waals surface area (Å²) in [6.45, 7) is 1.91. The molecule has 0 saturated heterocycles. The number of carbonyl (C=O) groups is 1. The molecule has 1 atom stereocenters. The van der Waals surface area contributed by atoms with Gasteiger partial charge >= 0.3 is 0 Å². The van der Waals surface area contributed by atoms with Crippen LogP contribution in [0.1, 0.15) is 22.8 Å². The number of nitrogens with zero attached hydrogens (tertiary/aromatic N) is 1. The first-order chi connectivity index (χ1) is 9.97. The molecule has 0 aliphatic carbocycles. The third kappa shape index (κ3) is 2.20. The van der Waals surface area contributed by atoms with E-state index in [-0.39, 0.29) is 17.4 Å². The van der Waals surface area contributed by atoms with Crippen LogP contribution in [0.4, 0.5) is 15.8 Å². The van der Waals surface area contributed by atoms with Crippen molar-refractivity contribution in [2.24, 2.45) is 0 Å². The molecule has 0 radical (unpaired) electrons. The molecule has 3 N–H and O–H groups in total. The standard InChI is InChI=1S/C16H15FN2O2/c1-9-6-10-7-11(18)2-5-15(10)19(9)16(21)13-4-3-12(20)8-14(13)17/h2-5,7-9,20H,6,18H2,1H3. The Labute approximate surface area is 121 Å². The highest BCUT2D eigenvalue weighted by atomic mass is 19.1. The topological polar surface area (TPSA) is 66.6 Å². The highest BCUT2D eigenvalue weighted by Crippen LogP contribution is 2.35. The van der Waals surface area contributed by atoms with Crippen molar-refractivity contribution in [2.75, 3.05) is 10.6 Å². The summed E-state index contributed by atoms with van der Waals surface area (Å²) in [5.74, 6) is -1.34. The normalized spacial score (nSPS) is 16.9. The Kier molecular flexibility index (Phi) is 3.05. The van der Waals surface area contributed by atoms with Crippen molar-refractivity contribution in [3.63, 3.8) is 0 Å². The predicted molar refractivity (Wildman–Crippen MR) is 78.9 cm³/mol. The maximum atomic E-state index is 13.9. The highest BCUT2D eigenvalue weighted by Gasteiger charge is 2.32. The number of phenols is 1. The number of hydrogen-bond donors (Lipinski definition) is 2. The van der Waals surface area contributed by atoms with Crippen molar-refractivity contribution >= 4 is 17.3 Å². The molecule has 2 aromatic carbocycles. The summed E-state index contributed by atoms with van der Waals surface area (Å²) < 4.78 is 13.9. The van der Waals surface area contributed by atoms with Crippen molar-refractivity contribution < 1.29 is 14.3 Å². The fourth-order valence-electron chi connectivity index (χ4n) is 2.77. The number of rotatable bonds is 1. The molecule has 0 aromatic heterocycles. The summed E-state index contributed by atoms with van der Waals surface area (Å²) in [4.78, 5) is 14.2. The second kappa shape index (κ2) is 4.77. The van der Waals surface area contributed by atoms with Crippen molar-refractivity contribution in [2.45, 2.75) is 19.4 Å². The van der Waals surface area contributed by atoms with Gasteiger partial charge in [0, 0.05) is 23.5 Å². The third-order valence-electron chi connectivity index (χ3n) is 3.72. The van der Waals surface area contributed by atoms with Crippen LogP contribution in [0.3, 0.4) is 0 Å². The Morgan fingerprint density at radius 3 is 2.81 bits per heavy atom. The molecule has 108 valence electrons. The number of nitrogen functional groups attached to an aromatic ring is 1. The first kappa shape index (κ1) is 13.4. The van der Waals surface area contributed by atoms with Gasteiger partial charge in [-0.05, 0) is 49.2 Å². The number of aromatic hydroxyl groups is 1. The lowest BCUT2D eigenvalue weighted by molar-refractivity contribution is 0.0977. The van der Waals surface area contributed by atoms with Crippen LogP contribution < -0.4 is 10.6 Å². The number of benzene rings is 2. The molecular weight excluding hydrogens is 271 g/mol. The molecule has 0 fully saturated rings. The van der Waals surface area contributed by atoms with Gasteiger partial charge in [0.2, 0.25) is 0 Å². The molecule has 4 nitrogen and oxygen atoms in total. The Balaban J connectivity index is 2.03. The molecule has 0 spiro atoms. The molecule has 1 heterocycles. The molecule has 0 bridgehead atoms. The maximum Gasteiger partial charge on any atom is 0.261 e. The smallest absolute Gasteiger partial charge is 0.261 e. The second-order valence-corrected chi connectivity index (χ2v) is 5.28. The van der Waals surface area contributed by atoms with Crippen molar-refractivity contribution in [1.29, 1.82) is 0 Å². The summed E-state index contributed by atoms with van der Waals surface area (Å²) in [6, 6.07) is 8.83. The number of amides is 1. The molecule has 1 aliphatic rings. The van der Waals surface area contributed by atoms with Crippen molar-refractivity contribution in [1.82, 2.24) is 0 Å². The maximum absolute atomic E-state index is 13.9. The van der Waals surface area contributed by atoms with Gasteiger partial charge in [-0.25, -0.2) is 4.39 Å². The zero-order valence-corrected chi connectivity index (χ0v) is 11.5. The minimum atomic E-state index is -0.726. The van der Waals surface area contributed by atoms with Crippen molar-refractivity contribution in [3.8, 4) is 5.75 Å². The lowest BCUT2D eigenvalue weighted by atomic mass is 10.1. The number of phenolic OH excluding ortho intramolecular Hbond substituents is 1. The molecular formula is C16H15FN2O2. The lowest BCUT2D eigenvalue weighted by Crippen LogP contribution is -2.36. The number of hydrogen-bond acceptors (Lipinski definition) is 3. The molecule has 2 aromatic rings. The van der Waals surface area contributed by atoms with Gasteiger partial charge in [-0.3, -0.25) is 4.79 Å².